The molecule has 0 spiro atoms. The van der Waals surface area contributed by atoms with Crippen LogP contribution in [0.1, 0.15) is 38.3 Å². The lowest BCUT2D eigenvalue weighted by Gasteiger charge is -2.34. The molecule has 10 heteroatoms. The number of aliphatic imine (C=N–C) groups is 1. The van der Waals surface area contributed by atoms with Gasteiger partial charge in [0.2, 0.25) is 11.9 Å². The molecule has 0 radical (unpaired) electrons. The molecule has 29 heavy (non-hydrogen) atoms. The lowest BCUT2D eigenvalue weighted by Crippen LogP contribution is -2.47. The second kappa shape index (κ2) is 8.38. The monoisotopic (exact) mass is 404 g/mol. The summed E-state index contributed by atoms with van der Waals surface area (Å²) >= 11 is 0. The minimum Gasteiger partial charge on any atom is -0.492 e. The normalized spacial score (nSPS) is 19.6. The van der Waals surface area contributed by atoms with Gasteiger partial charge in [0.15, 0.2) is 17.5 Å². The number of carbonyl (C=O) groups is 3. The van der Waals surface area contributed by atoms with Gasteiger partial charge < -0.3 is 24.8 Å². The first kappa shape index (κ1) is 20.4. The van der Waals surface area contributed by atoms with E-state index in [9.17, 15) is 14.4 Å². The average molecular weight is 404 g/mol. The molecule has 3 N–H and O–H groups in total. The second-order valence-electron chi connectivity index (χ2n) is 6.74. The quantitative estimate of drug-likeness (QED) is 0.371. The van der Waals surface area contributed by atoms with Crippen molar-refractivity contribution in [3.8, 4) is 11.5 Å². The van der Waals surface area contributed by atoms with Crippen LogP contribution in [0.3, 0.4) is 0 Å². The molecule has 2 atom stereocenters. The maximum absolute atomic E-state index is 12.1. The number of nitrogens with two attached hydrogens (primary N) is 1. The van der Waals surface area contributed by atoms with Crippen molar-refractivity contribution in [2.45, 2.75) is 38.8 Å². The minimum absolute atomic E-state index is 0.292. The Hall–Kier alpha value is -3.30. The number of guanidine groups is 1. The van der Waals surface area contributed by atoms with Crippen molar-refractivity contribution in [3.63, 3.8) is 0 Å². The third-order valence-electron chi connectivity index (χ3n) is 4.78. The third kappa shape index (κ3) is 3.96. The number of primary amides is 1. The second-order valence-corrected chi connectivity index (χ2v) is 6.74. The number of fused-ring (bicyclic) bond motifs is 2. The highest BCUT2D eigenvalue weighted by atomic mass is 16.5. The fraction of sp³-hybridized carbons (Fsp3) is 0.474. The van der Waals surface area contributed by atoms with E-state index < -0.39 is 23.9 Å². The van der Waals surface area contributed by atoms with Crippen LogP contribution in [0, 0.1) is 0 Å². The molecule has 3 rings (SSSR count). The minimum atomic E-state index is -1.13. The van der Waals surface area contributed by atoms with E-state index in [1.807, 2.05) is 6.92 Å². The molecule has 2 aliphatic heterocycles. The zero-order chi connectivity index (χ0) is 21.1. The Bertz CT molecular complexity index is 869. The van der Waals surface area contributed by atoms with E-state index in [-0.39, 0.29) is 5.97 Å². The Labute approximate surface area is 168 Å². The van der Waals surface area contributed by atoms with Crippen LogP contribution < -0.4 is 20.5 Å². The van der Waals surface area contributed by atoms with E-state index in [2.05, 4.69) is 10.3 Å². The summed E-state index contributed by atoms with van der Waals surface area (Å²) in [6.07, 6.45) is 1.37. The van der Waals surface area contributed by atoms with Crippen LogP contribution in [0.15, 0.2) is 17.1 Å². The first-order valence-corrected chi connectivity index (χ1v) is 9.29. The summed E-state index contributed by atoms with van der Waals surface area (Å²) in [6, 6.07) is 2.00. The Morgan fingerprint density at radius 2 is 2.00 bits per heavy atom. The number of carbonyl (C=O) groups excluding carboxylic acids is 3. The van der Waals surface area contributed by atoms with E-state index in [0.29, 0.717) is 54.8 Å². The van der Waals surface area contributed by atoms with Gasteiger partial charge in [-0.2, -0.15) is 0 Å². The van der Waals surface area contributed by atoms with Crippen molar-refractivity contribution in [2.24, 2.45) is 10.7 Å². The molecule has 2 heterocycles. The number of nitrogens with one attached hydrogen (secondary N) is 1. The van der Waals surface area contributed by atoms with Gasteiger partial charge in [0.25, 0.3) is 5.91 Å². The van der Waals surface area contributed by atoms with Gasteiger partial charge >= 0.3 is 5.97 Å². The van der Waals surface area contributed by atoms with Crippen molar-refractivity contribution >= 4 is 29.4 Å². The van der Waals surface area contributed by atoms with Gasteiger partial charge in [-0.25, -0.2) is 4.99 Å². The summed E-state index contributed by atoms with van der Waals surface area (Å²) in [5.74, 6) is -0.250. The first-order valence-electron chi connectivity index (χ1n) is 9.29. The summed E-state index contributed by atoms with van der Waals surface area (Å²) in [5.41, 5.74) is 6.74. The molecule has 2 aliphatic rings. The van der Waals surface area contributed by atoms with Crippen LogP contribution >= 0.6 is 0 Å². The highest BCUT2D eigenvalue weighted by Gasteiger charge is 2.46. The number of hydrogen-bond acceptors (Lipinski definition) is 8. The maximum Gasteiger partial charge on any atom is 0.302 e. The average Bonchev–Trinajstić information content (AvgIpc) is 3.00. The van der Waals surface area contributed by atoms with Crippen LogP contribution in [-0.4, -0.2) is 55.0 Å². The number of amides is 2. The predicted molar refractivity (Wildman–Crippen MR) is 103 cm³/mol. The molecule has 1 aromatic rings. The van der Waals surface area contributed by atoms with Crippen LogP contribution in [0.4, 0.5) is 5.69 Å². The number of ether oxygens (including phenoxy) is 3. The standard InChI is InChI=1S/C19H24N4O6/c1-10-14-12(21-19-22-18(26)15(17(20)25)23(10)19)6-7-13(16(14)27-3)29-9-5-4-8-28-11(2)24/h6-7,10,15H,4-5,8-9H2,1-3H3,(H2,20,25)(H,21,22,26). The molecule has 156 valence electrons. The summed E-state index contributed by atoms with van der Waals surface area (Å²) in [6.45, 7) is 3.97. The lowest BCUT2D eigenvalue weighted by molar-refractivity contribution is -0.141. The largest absolute Gasteiger partial charge is 0.492 e. The van der Waals surface area contributed by atoms with E-state index in [1.165, 1.54) is 14.0 Å². The predicted octanol–water partition coefficient (Wildman–Crippen LogP) is 0.765. The van der Waals surface area contributed by atoms with E-state index in [4.69, 9.17) is 19.9 Å². The Balaban J connectivity index is 1.79. The third-order valence-corrected chi connectivity index (χ3v) is 4.78. The molecule has 1 aromatic carbocycles. The number of rotatable bonds is 8. The molecule has 0 aliphatic carbocycles. The molecule has 1 fully saturated rings. The summed E-state index contributed by atoms with van der Waals surface area (Å²) < 4.78 is 16.3. The number of methoxy groups -OCH3 is 1. The first-order chi connectivity index (χ1) is 13.8. The van der Waals surface area contributed by atoms with Crippen LogP contribution in [0.5, 0.6) is 11.5 Å². The number of esters is 1. The van der Waals surface area contributed by atoms with Crippen molar-refractivity contribution < 1.29 is 28.6 Å². The van der Waals surface area contributed by atoms with Gasteiger partial charge in [-0.3, -0.25) is 19.7 Å². The Morgan fingerprint density at radius 1 is 1.28 bits per heavy atom. The number of benzene rings is 1. The summed E-state index contributed by atoms with van der Waals surface area (Å²) in [5, 5.41) is 2.60. The molecule has 0 aromatic heterocycles. The molecule has 1 saturated heterocycles. The molecule has 0 bridgehead atoms. The molecule has 2 unspecified atom stereocenters. The summed E-state index contributed by atoms with van der Waals surface area (Å²) in [4.78, 5) is 40.7. The lowest BCUT2D eigenvalue weighted by atomic mass is 10.00. The molecule has 10 nitrogen and oxygen atoms in total. The molecular weight excluding hydrogens is 380 g/mol. The Morgan fingerprint density at radius 3 is 2.66 bits per heavy atom. The van der Waals surface area contributed by atoms with Gasteiger partial charge in [-0.05, 0) is 31.9 Å². The molecule has 0 saturated carbocycles. The smallest absolute Gasteiger partial charge is 0.302 e. The van der Waals surface area contributed by atoms with E-state index in [0.717, 1.165) is 0 Å². The highest BCUT2D eigenvalue weighted by molar-refractivity contribution is 6.17. The van der Waals surface area contributed by atoms with Crippen LogP contribution in [0.25, 0.3) is 0 Å². The fourth-order valence-electron chi connectivity index (χ4n) is 3.50. The SMILES string of the molecule is COc1c(OCCCCOC(C)=O)ccc2c1C(C)N1C(=N2)NC(=O)C1C(N)=O. The number of nitrogens with zero attached hydrogens (tertiary/aromatic N) is 2. The Kier molecular flexibility index (Phi) is 5.90. The van der Waals surface area contributed by atoms with Gasteiger partial charge in [-0.1, -0.05) is 0 Å². The topological polar surface area (TPSA) is 133 Å². The zero-order valence-electron chi connectivity index (χ0n) is 16.6. The highest BCUT2D eigenvalue weighted by Crippen LogP contribution is 2.46. The molecular formula is C19H24N4O6. The van der Waals surface area contributed by atoms with Gasteiger partial charge in [-0.15, -0.1) is 0 Å². The van der Waals surface area contributed by atoms with Gasteiger partial charge in [0.05, 0.1) is 32.1 Å². The fourth-order valence-corrected chi connectivity index (χ4v) is 3.50. The van der Waals surface area contributed by atoms with Gasteiger partial charge in [0.1, 0.15) is 0 Å². The zero-order valence-corrected chi connectivity index (χ0v) is 16.6. The number of unbranched alkanes of at least 4 members (excludes halogenated alkanes) is 1. The van der Waals surface area contributed by atoms with Gasteiger partial charge in [0, 0.05) is 12.5 Å². The maximum atomic E-state index is 12.1. The molecule has 2 amide bonds. The van der Waals surface area contributed by atoms with E-state index in [1.54, 1.807) is 17.0 Å². The van der Waals surface area contributed by atoms with Crippen molar-refractivity contribution in [2.75, 3.05) is 20.3 Å². The van der Waals surface area contributed by atoms with Crippen molar-refractivity contribution in [1.29, 1.82) is 0 Å². The van der Waals surface area contributed by atoms with Crippen LogP contribution in [0.2, 0.25) is 0 Å². The van der Waals surface area contributed by atoms with E-state index >= 15 is 0 Å². The van der Waals surface area contributed by atoms with Crippen LogP contribution in [-0.2, 0) is 19.1 Å². The van der Waals surface area contributed by atoms with Crippen molar-refractivity contribution in [3.05, 3.63) is 17.7 Å². The van der Waals surface area contributed by atoms with Crippen molar-refractivity contribution in [1.82, 2.24) is 10.2 Å². The number of hydrogen-bond donors (Lipinski definition) is 2. The summed E-state index contributed by atoms with van der Waals surface area (Å²) in [7, 11) is 1.52.